The van der Waals surface area contributed by atoms with E-state index in [9.17, 15) is 9.59 Å². The minimum atomic E-state index is -1.19. The Bertz CT molecular complexity index is 458. The summed E-state index contributed by atoms with van der Waals surface area (Å²) in [5.74, 6) is -1.19. The number of nitriles is 1. The molecule has 4 nitrogen and oxygen atoms in total. The fraction of sp³-hybridized carbons (Fsp3) is 0.182. The molecule has 0 unspecified atom stereocenters. The van der Waals surface area contributed by atoms with Crippen molar-refractivity contribution in [3.8, 4) is 6.07 Å². The van der Waals surface area contributed by atoms with E-state index < -0.39 is 5.97 Å². The lowest BCUT2D eigenvalue weighted by Crippen LogP contribution is -2.05. The molecular formula is C11H9NO3. The molecule has 0 fully saturated rings. The molecule has 4 heteroatoms. The van der Waals surface area contributed by atoms with Gasteiger partial charge in [0.15, 0.2) is 0 Å². The molecule has 1 aromatic carbocycles. The first-order valence-electron chi connectivity index (χ1n) is 4.39. The van der Waals surface area contributed by atoms with Crippen molar-refractivity contribution in [2.45, 2.75) is 13.3 Å². The largest absolute Gasteiger partial charge is 0.478 e. The van der Waals surface area contributed by atoms with Gasteiger partial charge in [-0.25, -0.2) is 4.79 Å². The first-order valence-corrected chi connectivity index (χ1v) is 4.39. The molecule has 0 radical (unpaired) electrons. The van der Waals surface area contributed by atoms with Crippen LogP contribution >= 0.6 is 0 Å². The molecule has 0 heterocycles. The molecule has 1 aromatic rings. The Morgan fingerprint density at radius 1 is 1.60 bits per heavy atom. The Labute approximate surface area is 86.8 Å². The zero-order valence-electron chi connectivity index (χ0n) is 8.15. The molecule has 1 N–H and O–H groups in total. The summed E-state index contributed by atoms with van der Waals surface area (Å²) in [6.07, 6.45) is 1.09. The molecule has 0 aliphatic heterocycles. The predicted molar refractivity (Wildman–Crippen MR) is 52.9 cm³/mol. The molecule has 0 bridgehead atoms. The molecule has 1 rings (SSSR count). The van der Waals surface area contributed by atoms with Gasteiger partial charge < -0.3 is 5.11 Å². The van der Waals surface area contributed by atoms with Crippen LogP contribution in [0.3, 0.4) is 0 Å². The SMILES string of the molecule is CCc1cc(C=O)cc(C(=O)O)c1C#N. The number of carboxylic acids is 1. The number of benzene rings is 1. The van der Waals surface area contributed by atoms with Crippen LogP contribution in [0.4, 0.5) is 0 Å². The first kappa shape index (κ1) is 10.9. The second-order valence-corrected chi connectivity index (χ2v) is 2.99. The van der Waals surface area contributed by atoms with Crippen LogP contribution in [0, 0.1) is 11.3 Å². The highest BCUT2D eigenvalue weighted by molar-refractivity contribution is 5.93. The Morgan fingerprint density at radius 3 is 2.67 bits per heavy atom. The molecule has 0 saturated heterocycles. The third-order valence-electron chi connectivity index (χ3n) is 2.10. The summed E-state index contributed by atoms with van der Waals surface area (Å²) in [5, 5.41) is 17.7. The monoisotopic (exact) mass is 203 g/mol. The minimum absolute atomic E-state index is 0.112. The van der Waals surface area contributed by atoms with Gasteiger partial charge in [0.1, 0.15) is 12.4 Å². The van der Waals surface area contributed by atoms with Crippen molar-refractivity contribution < 1.29 is 14.7 Å². The Morgan fingerprint density at radius 2 is 2.27 bits per heavy atom. The fourth-order valence-electron chi connectivity index (χ4n) is 1.37. The van der Waals surface area contributed by atoms with Gasteiger partial charge in [0, 0.05) is 5.56 Å². The van der Waals surface area contributed by atoms with Crippen LogP contribution in [-0.2, 0) is 6.42 Å². The first-order chi connectivity index (χ1) is 7.13. The molecule has 0 amide bonds. The van der Waals surface area contributed by atoms with E-state index in [0.717, 1.165) is 0 Å². The van der Waals surface area contributed by atoms with Gasteiger partial charge in [0.25, 0.3) is 0 Å². The zero-order valence-corrected chi connectivity index (χ0v) is 8.15. The van der Waals surface area contributed by atoms with Crippen molar-refractivity contribution in [2.24, 2.45) is 0 Å². The standard InChI is InChI=1S/C11H9NO3/c1-2-8-3-7(6-13)4-9(11(14)15)10(8)5-12/h3-4,6H,2H2,1H3,(H,14,15). The van der Waals surface area contributed by atoms with Gasteiger partial charge in [-0.3, -0.25) is 4.79 Å². The van der Waals surface area contributed by atoms with Crippen LogP contribution in [0.2, 0.25) is 0 Å². The lowest BCUT2D eigenvalue weighted by atomic mass is 9.97. The number of hydrogen-bond donors (Lipinski definition) is 1. The molecule has 15 heavy (non-hydrogen) atoms. The van der Waals surface area contributed by atoms with Crippen molar-refractivity contribution in [1.29, 1.82) is 5.26 Å². The lowest BCUT2D eigenvalue weighted by molar-refractivity contribution is 0.0696. The van der Waals surface area contributed by atoms with Gasteiger partial charge in [0.2, 0.25) is 0 Å². The number of carbonyl (C=O) groups excluding carboxylic acids is 1. The highest BCUT2D eigenvalue weighted by Crippen LogP contribution is 2.17. The van der Waals surface area contributed by atoms with E-state index in [2.05, 4.69) is 0 Å². The highest BCUT2D eigenvalue weighted by Gasteiger charge is 2.14. The van der Waals surface area contributed by atoms with E-state index in [1.54, 1.807) is 6.92 Å². The fourth-order valence-corrected chi connectivity index (χ4v) is 1.37. The number of hydrogen-bond acceptors (Lipinski definition) is 3. The van der Waals surface area contributed by atoms with Gasteiger partial charge in [-0.1, -0.05) is 6.92 Å². The van der Waals surface area contributed by atoms with Crippen molar-refractivity contribution in [3.63, 3.8) is 0 Å². The van der Waals surface area contributed by atoms with Crippen molar-refractivity contribution in [3.05, 3.63) is 34.4 Å². The molecular weight excluding hydrogens is 194 g/mol. The van der Waals surface area contributed by atoms with Gasteiger partial charge in [0.05, 0.1) is 11.1 Å². The maximum Gasteiger partial charge on any atom is 0.337 e. The van der Waals surface area contributed by atoms with Crippen LogP contribution in [0.15, 0.2) is 12.1 Å². The van der Waals surface area contributed by atoms with E-state index in [1.807, 2.05) is 6.07 Å². The summed E-state index contributed by atoms with van der Waals surface area (Å²) >= 11 is 0. The zero-order chi connectivity index (χ0) is 11.4. The molecule has 0 saturated carbocycles. The second kappa shape index (κ2) is 4.38. The van der Waals surface area contributed by atoms with Crippen molar-refractivity contribution in [2.75, 3.05) is 0 Å². The lowest BCUT2D eigenvalue weighted by Gasteiger charge is -2.05. The summed E-state index contributed by atoms with van der Waals surface area (Å²) in [7, 11) is 0. The number of carboxylic acid groups (broad SMARTS) is 1. The van der Waals surface area contributed by atoms with Crippen LogP contribution < -0.4 is 0 Å². The van der Waals surface area contributed by atoms with Crippen molar-refractivity contribution >= 4 is 12.3 Å². The summed E-state index contributed by atoms with van der Waals surface area (Å²) < 4.78 is 0. The topological polar surface area (TPSA) is 78.2 Å². The van der Waals surface area contributed by atoms with Crippen molar-refractivity contribution in [1.82, 2.24) is 0 Å². The van der Waals surface area contributed by atoms with Crippen LogP contribution in [0.5, 0.6) is 0 Å². The van der Waals surface area contributed by atoms with Gasteiger partial charge in [-0.05, 0) is 24.1 Å². The molecule has 0 spiro atoms. The molecule has 0 atom stereocenters. The van der Waals surface area contributed by atoms with Crippen LogP contribution in [-0.4, -0.2) is 17.4 Å². The second-order valence-electron chi connectivity index (χ2n) is 2.99. The summed E-state index contributed by atoms with van der Waals surface area (Å²) in [6.45, 7) is 1.80. The van der Waals surface area contributed by atoms with Crippen LogP contribution in [0.1, 0.15) is 38.8 Å². The van der Waals surface area contributed by atoms with Gasteiger partial charge in [-0.15, -0.1) is 0 Å². The van der Waals surface area contributed by atoms with E-state index in [0.29, 0.717) is 18.3 Å². The van der Waals surface area contributed by atoms with Crippen LogP contribution in [0.25, 0.3) is 0 Å². The third-order valence-corrected chi connectivity index (χ3v) is 2.10. The minimum Gasteiger partial charge on any atom is -0.478 e. The number of carbonyl (C=O) groups is 2. The number of rotatable bonds is 3. The highest BCUT2D eigenvalue weighted by atomic mass is 16.4. The van der Waals surface area contributed by atoms with Gasteiger partial charge >= 0.3 is 5.97 Å². The molecule has 0 aliphatic carbocycles. The maximum atomic E-state index is 10.8. The summed E-state index contributed by atoms with van der Waals surface area (Å²) in [4.78, 5) is 21.4. The number of aryl methyl sites for hydroxylation is 1. The van der Waals surface area contributed by atoms with E-state index >= 15 is 0 Å². The third kappa shape index (κ3) is 2.02. The molecule has 76 valence electrons. The maximum absolute atomic E-state index is 10.8. The van der Waals surface area contributed by atoms with E-state index in [4.69, 9.17) is 10.4 Å². The Hall–Kier alpha value is -2.15. The van der Waals surface area contributed by atoms with E-state index in [1.165, 1.54) is 12.1 Å². The normalized spacial score (nSPS) is 9.33. The number of aldehydes is 1. The smallest absolute Gasteiger partial charge is 0.337 e. The average Bonchev–Trinajstić information content (AvgIpc) is 2.26. The number of nitrogens with zero attached hydrogens (tertiary/aromatic N) is 1. The quantitative estimate of drug-likeness (QED) is 0.757. The Balaban J connectivity index is 3.54. The summed E-state index contributed by atoms with van der Waals surface area (Å²) in [6, 6.07) is 4.61. The summed E-state index contributed by atoms with van der Waals surface area (Å²) in [5.41, 5.74) is 0.886. The predicted octanol–water partition coefficient (Wildman–Crippen LogP) is 1.63. The molecule has 0 aliphatic rings. The van der Waals surface area contributed by atoms with Gasteiger partial charge in [-0.2, -0.15) is 5.26 Å². The Kier molecular flexibility index (Phi) is 3.19. The number of aromatic carboxylic acids is 1. The molecule has 0 aromatic heterocycles. The average molecular weight is 203 g/mol. The van der Waals surface area contributed by atoms with E-state index in [-0.39, 0.29) is 16.7 Å².